The fourth-order valence-corrected chi connectivity index (χ4v) is 0.490. The quantitative estimate of drug-likeness (QED) is 0.300. The van der Waals surface area contributed by atoms with Crippen molar-refractivity contribution in [1.29, 1.82) is 0 Å². The van der Waals surface area contributed by atoms with E-state index in [0.29, 0.717) is 11.8 Å². The molecule has 11 heavy (non-hydrogen) atoms. The third-order valence-electron chi connectivity index (χ3n) is 0.896. The van der Waals surface area contributed by atoms with E-state index < -0.39 is 6.08 Å². The van der Waals surface area contributed by atoms with E-state index in [-0.39, 0.29) is 0 Å². The van der Waals surface area contributed by atoms with Crippen LogP contribution in [-0.4, -0.2) is 16.3 Å². The number of rotatable bonds is 0. The van der Waals surface area contributed by atoms with E-state index in [1.807, 2.05) is 0 Å². The fourth-order valence-electron chi connectivity index (χ4n) is 0.490. The molecule has 0 N–H and O–H groups in total. The first kappa shape index (κ1) is 7.35. The Kier molecular flexibility index (Phi) is 2.28. The van der Waals surface area contributed by atoms with Gasteiger partial charge in [0.15, 0.2) is 6.29 Å². The van der Waals surface area contributed by atoms with Crippen molar-refractivity contribution in [3.8, 4) is 11.8 Å². The van der Waals surface area contributed by atoms with Gasteiger partial charge in [0.05, 0.1) is 5.56 Å². The van der Waals surface area contributed by atoms with Crippen molar-refractivity contribution in [1.82, 2.24) is 9.97 Å². The number of nitrogens with zero attached hydrogens (tertiary/aromatic N) is 2. The van der Waals surface area contributed by atoms with Gasteiger partial charge in [-0.1, -0.05) is 5.92 Å². The summed E-state index contributed by atoms with van der Waals surface area (Å²) in [6.07, 6.45) is 2.06. The molecule has 0 spiro atoms. The molecule has 0 amide bonds. The topological polar surface area (TPSA) is 42.9 Å². The minimum atomic E-state index is -0.804. The van der Waals surface area contributed by atoms with Crippen LogP contribution in [-0.2, 0) is 4.79 Å². The molecule has 0 radical (unpaired) electrons. The average molecular weight is 150 g/mol. The Bertz CT molecular complexity index is 309. The summed E-state index contributed by atoms with van der Waals surface area (Å²) in [6, 6.07) is 0. The summed E-state index contributed by atoms with van der Waals surface area (Å²) >= 11 is 0. The molecule has 0 aliphatic carbocycles. The molecule has 1 aromatic heterocycles. The maximum absolute atomic E-state index is 12.1. The van der Waals surface area contributed by atoms with Crippen LogP contribution in [0.4, 0.5) is 4.39 Å². The van der Waals surface area contributed by atoms with E-state index in [1.54, 1.807) is 0 Å². The predicted molar refractivity (Wildman–Crippen MR) is 34.9 cm³/mol. The Balaban J connectivity index is 2.90. The zero-order valence-electron chi connectivity index (χ0n) is 5.41. The van der Waals surface area contributed by atoms with E-state index >= 15 is 0 Å². The van der Waals surface area contributed by atoms with E-state index in [9.17, 15) is 9.18 Å². The van der Waals surface area contributed by atoms with Crippen LogP contribution < -0.4 is 0 Å². The van der Waals surface area contributed by atoms with Gasteiger partial charge in [-0.2, -0.15) is 4.39 Å². The number of hydrogen-bond donors (Lipinski definition) is 0. The summed E-state index contributed by atoms with van der Waals surface area (Å²) in [4.78, 5) is 16.2. The first-order chi connectivity index (χ1) is 5.33. The monoisotopic (exact) mass is 150 g/mol. The average Bonchev–Trinajstić information content (AvgIpc) is 2.04. The number of aromatic nitrogens is 2. The van der Waals surface area contributed by atoms with E-state index in [4.69, 9.17) is 0 Å². The normalized spacial score (nSPS) is 8.09. The lowest BCUT2D eigenvalue weighted by molar-refractivity contribution is -0.103. The second kappa shape index (κ2) is 3.42. The Hall–Kier alpha value is -1.76. The third-order valence-corrected chi connectivity index (χ3v) is 0.896. The first-order valence-corrected chi connectivity index (χ1v) is 2.75. The summed E-state index contributed by atoms with van der Waals surface area (Å²) in [5.74, 6) is 4.56. The molecule has 0 aliphatic heterocycles. The van der Waals surface area contributed by atoms with Crippen molar-refractivity contribution in [2.75, 3.05) is 0 Å². The van der Waals surface area contributed by atoms with Crippen LogP contribution in [0.15, 0.2) is 12.4 Å². The van der Waals surface area contributed by atoms with Gasteiger partial charge >= 0.3 is 6.08 Å². The predicted octanol–water partition coefficient (Wildman–Crippen LogP) is 0.166. The highest BCUT2D eigenvalue weighted by molar-refractivity contribution is 5.73. The fraction of sp³-hybridized carbons (Fsp3) is 0. The molecular weight excluding hydrogens is 147 g/mol. The highest BCUT2D eigenvalue weighted by atomic mass is 19.1. The molecule has 0 aromatic carbocycles. The molecule has 3 nitrogen and oxygen atoms in total. The molecule has 0 saturated carbocycles. The molecule has 0 bridgehead atoms. The minimum absolute atomic E-state index is 0.415. The molecule has 1 aromatic rings. The van der Waals surface area contributed by atoms with Crippen LogP contribution in [0.3, 0.4) is 0 Å². The standard InChI is InChI=1S/C7H3FN2O/c8-7-9-4-6(5-10-7)2-1-3-11/h3-5H. The summed E-state index contributed by atoms with van der Waals surface area (Å²) in [5.41, 5.74) is 0.415. The third kappa shape index (κ3) is 2.14. The van der Waals surface area contributed by atoms with Crippen LogP contribution in [0.25, 0.3) is 0 Å². The van der Waals surface area contributed by atoms with Gasteiger partial charge in [-0.15, -0.1) is 0 Å². The van der Waals surface area contributed by atoms with Crippen molar-refractivity contribution in [3.05, 3.63) is 24.0 Å². The molecule has 0 fully saturated rings. The zero-order valence-corrected chi connectivity index (χ0v) is 5.41. The van der Waals surface area contributed by atoms with E-state index in [2.05, 4.69) is 21.8 Å². The number of carbonyl (C=O) groups is 1. The lowest BCUT2D eigenvalue weighted by atomic mass is 10.3. The van der Waals surface area contributed by atoms with Gasteiger partial charge in [-0.3, -0.25) is 4.79 Å². The van der Waals surface area contributed by atoms with Gasteiger partial charge in [0.1, 0.15) is 0 Å². The van der Waals surface area contributed by atoms with Crippen molar-refractivity contribution in [3.63, 3.8) is 0 Å². The summed E-state index contributed by atoms with van der Waals surface area (Å²) in [5, 5.41) is 0. The smallest absolute Gasteiger partial charge is 0.289 e. The van der Waals surface area contributed by atoms with Gasteiger partial charge in [-0.05, 0) is 5.92 Å². The Morgan fingerprint density at radius 3 is 2.64 bits per heavy atom. The summed E-state index contributed by atoms with van der Waals surface area (Å²) in [7, 11) is 0. The highest BCUT2D eigenvalue weighted by Crippen LogP contribution is 1.90. The number of hydrogen-bond acceptors (Lipinski definition) is 3. The molecule has 0 atom stereocenters. The van der Waals surface area contributed by atoms with Crippen molar-refractivity contribution in [2.24, 2.45) is 0 Å². The van der Waals surface area contributed by atoms with Crippen LogP contribution in [0.2, 0.25) is 0 Å². The zero-order chi connectivity index (χ0) is 8.10. The first-order valence-electron chi connectivity index (χ1n) is 2.75. The number of aldehydes is 1. The van der Waals surface area contributed by atoms with Crippen LogP contribution in [0.5, 0.6) is 0 Å². The summed E-state index contributed by atoms with van der Waals surface area (Å²) < 4.78 is 12.1. The van der Waals surface area contributed by atoms with Gasteiger partial charge < -0.3 is 0 Å². The Labute approximate surface area is 62.3 Å². The molecular formula is C7H3FN2O. The SMILES string of the molecule is O=CC#Cc1cnc(F)nc1. The van der Waals surface area contributed by atoms with Gasteiger partial charge in [0, 0.05) is 12.4 Å². The molecule has 0 unspecified atom stereocenters. The molecule has 0 aliphatic rings. The summed E-state index contributed by atoms with van der Waals surface area (Å²) in [6.45, 7) is 0. The van der Waals surface area contributed by atoms with Gasteiger partial charge in [-0.25, -0.2) is 9.97 Å². The van der Waals surface area contributed by atoms with E-state index in [1.165, 1.54) is 12.4 Å². The maximum atomic E-state index is 12.1. The molecule has 1 rings (SSSR count). The maximum Gasteiger partial charge on any atom is 0.308 e. The second-order valence-electron chi connectivity index (χ2n) is 1.63. The lowest BCUT2D eigenvalue weighted by Gasteiger charge is -1.85. The molecule has 1 heterocycles. The molecule has 4 heteroatoms. The van der Waals surface area contributed by atoms with Crippen molar-refractivity contribution in [2.45, 2.75) is 0 Å². The minimum Gasteiger partial charge on any atom is -0.289 e. The Morgan fingerprint density at radius 1 is 1.45 bits per heavy atom. The lowest BCUT2D eigenvalue weighted by Crippen LogP contribution is -1.87. The van der Waals surface area contributed by atoms with Crippen LogP contribution in [0, 0.1) is 17.9 Å². The second-order valence-corrected chi connectivity index (χ2v) is 1.63. The highest BCUT2D eigenvalue weighted by Gasteiger charge is 1.90. The van der Waals surface area contributed by atoms with E-state index in [0.717, 1.165) is 0 Å². The molecule has 54 valence electrons. The van der Waals surface area contributed by atoms with Gasteiger partial charge in [0.25, 0.3) is 0 Å². The Morgan fingerprint density at radius 2 is 2.09 bits per heavy atom. The van der Waals surface area contributed by atoms with Gasteiger partial charge in [0.2, 0.25) is 0 Å². The molecule has 0 saturated heterocycles. The van der Waals surface area contributed by atoms with Crippen molar-refractivity contribution >= 4 is 6.29 Å². The van der Waals surface area contributed by atoms with Crippen LogP contribution >= 0.6 is 0 Å². The number of halogens is 1. The largest absolute Gasteiger partial charge is 0.308 e. The van der Waals surface area contributed by atoms with Crippen LogP contribution in [0.1, 0.15) is 5.56 Å². The number of carbonyl (C=O) groups excluding carboxylic acids is 1. The van der Waals surface area contributed by atoms with Crippen molar-refractivity contribution < 1.29 is 9.18 Å².